The number of amides is 1. The first-order chi connectivity index (χ1) is 13.7. The van der Waals surface area contributed by atoms with E-state index in [-0.39, 0.29) is 6.61 Å². The largest absolute Gasteiger partial charge is 0.445 e. The van der Waals surface area contributed by atoms with Crippen LogP contribution in [0.2, 0.25) is 0 Å². The van der Waals surface area contributed by atoms with Crippen molar-refractivity contribution in [2.24, 2.45) is 0 Å². The van der Waals surface area contributed by atoms with E-state index in [9.17, 15) is 10.1 Å². The number of carbonyl (C=O) groups is 1. The van der Waals surface area contributed by atoms with Gasteiger partial charge in [-0.25, -0.2) is 4.79 Å². The van der Waals surface area contributed by atoms with Gasteiger partial charge in [-0.05, 0) is 36.8 Å². The van der Waals surface area contributed by atoms with E-state index in [1.807, 2.05) is 36.4 Å². The standard InChI is InChI=1S/C23H25N3O2/c24-17-23(25-22(27)28-16-19-9-5-2-6-10-19)13-20-11-12-21(14-23)26(20)15-18-7-3-1-4-8-18/h1-10,20-21H,11-16H2,(H,25,27). The molecule has 2 bridgehead atoms. The normalized spacial score (nSPS) is 26.4. The van der Waals surface area contributed by atoms with Gasteiger partial charge in [-0.3, -0.25) is 4.90 Å². The number of alkyl carbamates (subject to hydrolysis) is 1. The fraction of sp³-hybridized carbons (Fsp3) is 0.391. The molecular formula is C23H25N3O2. The molecule has 2 atom stereocenters. The summed E-state index contributed by atoms with van der Waals surface area (Å²) in [6.07, 6.45) is 2.92. The highest BCUT2D eigenvalue weighted by Crippen LogP contribution is 2.41. The Bertz CT molecular complexity index is 833. The molecule has 28 heavy (non-hydrogen) atoms. The molecule has 2 heterocycles. The van der Waals surface area contributed by atoms with E-state index in [0.29, 0.717) is 24.9 Å². The lowest BCUT2D eigenvalue weighted by Gasteiger charge is -2.43. The minimum atomic E-state index is -0.840. The maximum atomic E-state index is 12.4. The van der Waals surface area contributed by atoms with E-state index in [1.165, 1.54) is 5.56 Å². The summed E-state index contributed by atoms with van der Waals surface area (Å²) in [7, 11) is 0. The number of nitriles is 1. The first kappa shape index (κ1) is 18.5. The topological polar surface area (TPSA) is 65.4 Å². The van der Waals surface area contributed by atoms with Crippen LogP contribution in [0.5, 0.6) is 0 Å². The average molecular weight is 375 g/mol. The molecule has 0 spiro atoms. The van der Waals surface area contributed by atoms with Gasteiger partial charge in [0, 0.05) is 18.6 Å². The third-order valence-electron chi connectivity index (χ3n) is 5.92. The molecule has 1 amide bonds. The van der Waals surface area contributed by atoms with Gasteiger partial charge in [-0.2, -0.15) is 5.26 Å². The molecular weight excluding hydrogens is 350 g/mol. The fourth-order valence-electron chi connectivity index (χ4n) is 4.57. The highest BCUT2D eigenvalue weighted by Gasteiger charge is 2.49. The molecule has 2 aliphatic heterocycles. The second-order valence-corrected chi connectivity index (χ2v) is 7.83. The lowest BCUT2D eigenvalue weighted by molar-refractivity contribution is 0.0750. The molecule has 4 rings (SSSR count). The number of piperidine rings is 1. The van der Waals surface area contributed by atoms with Crippen molar-refractivity contribution in [3.8, 4) is 6.07 Å². The highest BCUT2D eigenvalue weighted by molar-refractivity contribution is 5.69. The highest BCUT2D eigenvalue weighted by atomic mass is 16.5. The van der Waals surface area contributed by atoms with E-state index in [0.717, 1.165) is 24.9 Å². The summed E-state index contributed by atoms with van der Waals surface area (Å²) in [5.41, 5.74) is 1.38. The minimum absolute atomic E-state index is 0.209. The number of nitrogens with one attached hydrogen (secondary N) is 1. The van der Waals surface area contributed by atoms with Crippen LogP contribution in [0.15, 0.2) is 60.7 Å². The average Bonchev–Trinajstić information content (AvgIpc) is 2.97. The number of ether oxygens (including phenoxy) is 1. The zero-order chi connectivity index (χ0) is 19.4. The summed E-state index contributed by atoms with van der Waals surface area (Å²) in [6, 6.07) is 23.0. The summed E-state index contributed by atoms with van der Waals surface area (Å²) in [4.78, 5) is 14.9. The van der Waals surface area contributed by atoms with Crippen LogP contribution in [0, 0.1) is 11.3 Å². The zero-order valence-corrected chi connectivity index (χ0v) is 15.9. The number of benzene rings is 2. The van der Waals surface area contributed by atoms with Crippen LogP contribution in [-0.4, -0.2) is 28.6 Å². The quantitative estimate of drug-likeness (QED) is 0.858. The molecule has 2 aliphatic rings. The SMILES string of the molecule is N#CC1(NC(=O)OCc2ccccc2)CC2CCC(C1)N2Cc1ccccc1. The van der Waals surface area contributed by atoms with Gasteiger partial charge in [0.1, 0.15) is 12.1 Å². The Labute approximate surface area is 165 Å². The van der Waals surface area contributed by atoms with Gasteiger partial charge in [0.05, 0.1) is 6.07 Å². The number of fused-ring (bicyclic) bond motifs is 2. The Morgan fingerprint density at radius 1 is 1.04 bits per heavy atom. The van der Waals surface area contributed by atoms with E-state index in [4.69, 9.17) is 4.74 Å². The molecule has 5 heteroatoms. The van der Waals surface area contributed by atoms with Crippen molar-refractivity contribution in [1.82, 2.24) is 10.2 Å². The van der Waals surface area contributed by atoms with E-state index < -0.39 is 11.6 Å². The summed E-state index contributed by atoms with van der Waals surface area (Å²) in [5.74, 6) is 0. The molecule has 2 aromatic rings. The van der Waals surface area contributed by atoms with Gasteiger partial charge in [0.2, 0.25) is 0 Å². The molecule has 0 aliphatic carbocycles. The molecule has 2 aromatic carbocycles. The predicted molar refractivity (Wildman–Crippen MR) is 106 cm³/mol. The Morgan fingerprint density at radius 3 is 2.18 bits per heavy atom. The van der Waals surface area contributed by atoms with E-state index in [2.05, 4.69) is 40.6 Å². The van der Waals surface area contributed by atoms with Crippen LogP contribution in [0.4, 0.5) is 4.79 Å². The van der Waals surface area contributed by atoms with Gasteiger partial charge in [-0.1, -0.05) is 60.7 Å². The third kappa shape index (κ3) is 4.02. The molecule has 2 fully saturated rings. The number of hydrogen-bond donors (Lipinski definition) is 1. The van der Waals surface area contributed by atoms with E-state index in [1.54, 1.807) is 0 Å². The van der Waals surface area contributed by atoms with Crippen molar-refractivity contribution < 1.29 is 9.53 Å². The lowest BCUT2D eigenvalue weighted by atomic mass is 9.84. The van der Waals surface area contributed by atoms with Crippen molar-refractivity contribution in [3.63, 3.8) is 0 Å². The second kappa shape index (κ2) is 8.04. The lowest BCUT2D eigenvalue weighted by Crippen LogP contribution is -2.58. The number of carbonyl (C=O) groups excluding carboxylic acids is 1. The molecule has 2 saturated heterocycles. The van der Waals surface area contributed by atoms with Crippen molar-refractivity contribution in [3.05, 3.63) is 71.8 Å². The summed E-state index contributed by atoms with van der Waals surface area (Å²) in [6.45, 7) is 1.11. The summed E-state index contributed by atoms with van der Waals surface area (Å²) in [5, 5.41) is 12.8. The monoisotopic (exact) mass is 375 g/mol. The number of nitrogens with zero attached hydrogens (tertiary/aromatic N) is 2. The third-order valence-corrected chi connectivity index (χ3v) is 5.92. The zero-order valence-electron chi connectivity index (χ0n) is 15.9. The minimum Gasteiger partial charge on any atom is -0.445 e. The number of rotatable bonds is 5. The fourth-order valence-corrected chi connectivity index (χ4v) is 4.57. The molecule has 5 nitrogen and oxygen atoms in total. The van der Waals surface area contributed by atoms with Crippen molar-refractivity contribution in [2.45, 2.75) is 56.5 Å². The van der Waals surface area contributed by atoms with Crippen LogP contribution >= 0.6 is 0 Å². The molecule has 0 radical (unpaired) electrons. The maximum absolute atomic E-state index is 12.4. The van der Waals surface area contributed by atoms with Gasteiger partial charge in [0.15, 0.2) is 0 Å². The maximum Gasteiger partial charge on any atom is 0.408 e. The van der Waals surface area contributed by atoms with Crippen LogP contribution in [0.1, 0.15) is 36.8 Å². The Morgan fingerprint density at radius 2 is 1.61 bits per heavy atom. The van der Waals surface area contributed by atoms with Crippen LogP contribution in [0.25, 0.3) is 0 Å². The Balaban J connectivity index is 1.38. The first-order valence-corrected chi connectivity index (χ1v) is 9.87. The summed E-state index contributed by atoms with van der Waals surface area (Å²) < 4.78 is 5.36. The van der Waals surface area contributed by atoms with Crippen LogP contribution < -0.4 is 5.32 Å². The van der Waals surface area contributed by atoms with Crippen molar-refractivity contribution >= 4 is 6.09 Å². The molecule has 2 unspecified atom stereocenters. The van der Waals surface area contributed by atoms with Crippen LogP contribution in [0.3, 0.4) is 0 Å². The van der Waals surface area contributed by atoms with E-state index >= 15 is 0 Å². The smallest absolute Gasteiger partial charge is 0.408 e. The summed E-state index contributed by atoms with van der Waals surface area (Å²) >= 11 is 0. The molecule has 0 saturated carbocycles. The molecule has 0 aromatic heterocycles. The first-order valence-electron chi connectivity index (χ1n) is 9.87. The molecule has 1 N–H and O–H groups in total. The Hall–Kier alpha value is -2.84. The van der Waals surface area contributed by atoms with Gasteiger partial charge in [-0.15, -0.1) is 0 Å². The van der Waals surface area contributed by atoms with Gasteiger partial charge < -0.3 is 10.1 Å². The van der Waals surface area contributed by atoms with Gasteiger partial charge in [0.25, 0.3) is 0 Å². The van der Waals surface area contributed by atoms with Crippen LogP contribution in [-0.2, 0) is 17.9 Å². The predicted octanol–water partition coefficient (Wildman–Crippen LogP) is 4.00. The second-order valence-electron chi connectivity index (χ2n) is 7.83. The number of hydrogen-bond acceptors (Lipinski definition) is 4. The van der Waals surface area contributed by atoms with Crippen molar-refractivity contribution in [1.29, 1.82) is 5.26 Å². The Kier molecular flexibility index (Phi) is 5.31. The molecule has 144 valence electrons. The van der Waals surface area contributed by atoms with Crippen molar-refractivity contribution in [2.75, 3.05) is 0 Å². The van der Waals surface area contributed by atoms with Gasteiger partial charge >= 0.3 is 6.09 Å².